The molecule has 2 aromatic heterocycles. The maximum Gasteiger partial charge on any atom is 0.322 e. The smallest absolute Gasteiger partial charge is 0.322 e. The number of anilines is 4. The van der Waals surface area contributed by atoms with Crippen LogP contribution >= 0.6 is 22.7 Å². The van der Waals surface area contributed by atoms with Gasteiger partial charge >= 0.3 is 6.03 Å². The molecule has 4 N–H and O–H groups in total. The third-order valence-electron chi connectivity index (χ3n) is 6.00. The Labute approximate surface area is 217 Å². The van der Waals surface area contributed by atoms with E-state index in [0.717, 1.165) is 33.1 Å². The van der Waals surface area contributed by atoms with E-state index in [1.807, 2.05) is 72.2 Å². The van der Waals surface area contributed by atoms with E-state index in [-0.39, 0.29) is 11.9 Å². The van der Waals surface area contributed by atoms with Gasteiger partial charge in [0.1, 0.15) is 0 Å². The van der Waals surface area contributed by atoms with Crippen molar-refractivity contribution in [2.24, 2.45) is 0 Å². The molecule has 5 rings (SSSR count). The summed E-state index contributed by atoms with van der Waals surface area (Å²) in [6.07, 6.45) is 0.599. The molecule has 3 amide bonds. The number of fused-ring (bicyclic) bond motifs is 1. The molecule has 0 fully saturated rings. The number of rotatable bonds is 5. The van der Waals surface area contributed by atoms with Crippen LogP contribution < -0.4 is 21.3 Å². The van der Waals surface area contributed by atoms with Crippen molar-refractivity contribution in [1.29, 1.82) is 0 Å². The number of thiazole rings is 1. The van der Waals surface area contributed by atoms with Crippen LogP contribution in [0, 0.1) is 0 Å². The van der Waals surface area contributed by atoms with Crippen LogP contribution in [-0.4, -0.2) is 42.5 Å². The number of aromatic nitrogens is 1. The van der Waals surface area contributed by atoms with Gasteiger partial charge in [-0.3, -0.25) is 4.79 Å². The molecule has 0 aliphatic carbocycles. The second-order valence-corrected chi connectivity index (χ2v) is 10.6. The van der Waals surface area contributed by atoms with E-state index in [1.165, 1.54) is 11.3 Å². The standard InChI is InChI=1S/C26H26N6O2S2/c1-31(2)19-6-4-18(5-7-19)28-26(34)32-11-9-21-23(14-32)36-25(30-21)24(33)29-22-13-16(3-8-20(22)27)17-10-12-35-15-17/h3-8,10,12-13,15H,9,11,14,27H2,1-2H3,(H,28,34)(H,29,33). The maximum atomic E-state index is 13.0. The second-order valence-electron chi connectivity index (χ2n) is 8.70. The second kappa shape index (κ2) is 10.00. The predicted octanol–water partition coefficient (Wildman–Crippen LogP) is 5.36. The van der Waals surface area contributed by atoms with Gasteiger partial charge in [0.05, 0.1) is 23.6 Å². The molecule has 0 saturated carbocycles. The van der Waals surface area contributed by atoms with Crippen molar-refractivity contribution in [2.75, 3.05) is 41.9 Å². The Bertz CT molecular complexity index is 1400. The molecule has 0 radical (unpaired) electrons. The zero-order chi connectivity index (χ0) is 25.2. The Morgan fingerprint density at radius 3 is 2.58 bits per heavy atom. The van der Waals surface area contributed by atoms with E-state index < -0.39 is 0 Å². The molecule has 0 bridgehead atoms. The number of nitrogens with zero attached hydrogens (tertiary/aromatic N) is 3. The van der Waals surface area contributed by atoms with E-state index in [0.29, 0.717) is 35.9 Å². The van der Waals surface area contributed by atoms with Crippen molar-refractivity contribution in [3.8, 4) is 11.1 Å². The van der Waals surface area contributed by atoms with Gasteiger partial charge in [0.25, 0.3) is 5.91 Å². The first-order chi connectivity index (χ1) is 17.4. The van der Waals surface area contributed by atoms with Gasteiger partial charge in [-0.2, -0.15) is 11.3 Å². The summed E-state index contributed by atoms with van der Waals surface area (Å²) in [5, 5.41) is 10.3. The van der Waals surface area contributed by atoms with Crippen LogP contribution in [0.3, 0.4) is 0 Å². The number of carbonyl (C=O) groups excluding carboxylic acids is 2. The third-order valence-corrected chi connectivity index (χ3v) is 7.77. The number of carbonyl (C=O) groups is 2. The van der Waals surface area contributed by atoms with Gasteiger partial charge in [-0.1, -0.05) is 6.07 Å². The molecule has 2 aromatic carbocycles. The van der Waals surface area contributed by atoms with E-state index in [2.05, 4.69) is 15.6 Å². The minimum Gasteiger partial charge on any atom is -0.397 e. The fraction of sp³-hybridized carbons (Fsp3) is 0.192. The van der Waals surface area contributed by atoms with Crippen molar-refractivity contribution in [2.45, 2.75) is 13.0 Å². The molecule has 36 heavy (non-hydrogen) atoms. The highest BCUT2D eigenvalue weighted by atomic mass is 32.1. The lowest BCUT2D eigenvalue weighted by molar-refractivity contribution is 0.102. The number of hydrogen-bond donors (Lipinski definition) is 3. The number of nitrogens with one attached hydrogen (secondary N) is 2. The lowest BCUT2D eigenvalue weighted by Crippen LogP contribution is -2.38. The van der Waals surface area contributed by atoms with Crippen LogP contribution in [0.15, 0.2) is 59.3 Å². The normalized spacial score (nSPS) is 12.7. The van der Waals surface area contributed by atoms with Crippen LogP contribution in [-0.2, 0) is 13.0 Å². The molecule has 8 nitrogen and oxygen atoms in total. The number of nitrogens with two attached hydrogens (primary N) is 1. The summed E-state index contributed by atoms with van der Waals surface area (Å²) in [6, 6.07) is 15.1. The van der Waals surface area contributed by atoms with Crippen LogP contribution in [0.25, 0.3) is 11.1 Å². The van der Waals surface area contributed by atoms with Gasteiger partial charge < -0.3 is 26.2 Å². The first-order valence-corrected chi connectivity index (χ1v) is 13.2. The Hall–Kier alpha value is -3.89. The fourth-order valence-electron chi connectivity index (χ4n) is 3.96. The van der Waals surface area contributed by atoms with Crippen molar-refractivity contribution in [3.05, 3.63) is 74.9 Å². The summed E-state index contributed by atoms with van der Waals surface area (Å²) in [5.74, 6) is -0.305. The van der Waals surface area contributed by atoms with Crippen molar-refractivity contribution >= 4 is 57.4 Å². The SMILES string of the molecule is CN(C)c1ccc(NC(=O)N2CCc3nc(C(=O)Nc4cc(-c5ccsc5)ccc4N)sc3C2)cc1. The molecular formula is C26H26N6O2S2. The average Bonchev–Trinajstić information content (AvgIpc) is 3.55. The monoisotopic (exact) mass is 518 g/mol. The summed E-state index contributed by atoms with van der Waals surface area (Å²) >= 11 is 2.93. The molecule has 1 aliphatic rings. The highest BCUT2D eigenvalue weighted by molar-refractivity contribution is 7.13. The van der Waals surface area contributed by atoms with Gasteiger partial charge in [-0.25, -0.2) is 9.78 Å². The molecule has 0 saturated heterocycles. The molecule has 10 heteroatoms. The summed E-state index contributed by atoms with van der Waals surface area (Å²) in [6.45, 7) is 0.951. The molecule has 0 unspecified atom stereocenters. The summed E-state index contributed by atoms with van der Waals surface area (Å²) < 4.78 is 0. The molecule has 0 atom stereocenters. The quantitative estimate of drug-likeness (QED) is 0.309. The van der Waals surface area contributed by atoms with Gasteiger partial charge in [0.2, 0.25) is 0 Å². The Kier molecular flexibility index (Phi) is 6.62. The van der Waals surface area contributed by atoms with Crippen molar-refractivity contribution in [3.63, 3.8) is 0 Å². The topological polar surface area (TPSA) is 104 Å². The lowest BCUT2D eigenvalue weighted by atomic mass is 10.1. The van der Waals surface area contributed by atoms with Crippen LogP contribution in [0.2, 0.25) is 0 Å². The van der Waals surface area contributed by atoms with E-state index in [4.69, 9.17) is 5.73 Å². The first kappa shape index (κ1) is 23.8. The van der Waals surface area contributed by atoms with Gasteiger partial charge in [-0.15, -0.1) is 11.3 Å². The highest BCUT2D eigenvalue weighted by Crippen LogP contribution is 2.30. The minimum absolute atomic E-state index is 0.171. The van der Waals surface area contributed by atoms with Crippen LogP contribution in [0.5, 0.6) is 0 Å². The van der Waals surface area contributed by atoms with Crippen LogP contribution in [0.1, 0.15) is 20.4 Å². The number of amides is 3. The largest absolute Gasteiger partial charge is 0.397 e. The predicted molar refractivity (Wildman–Crippen MR) is 148 cm³/mol. The average molecular weight is 519 g/mol. The van der Waals surface area contributed by atoms with Gasteiger partial charge in [0, 0.05) is 43.3 Å². The van der Waals surface area contributed by atoms with Gasteiger partial charge in [-0.05, 0) is 64.4 Å². The summed E-state index contributed by atoms with van der Waals surface area (Å²) in [4.78, 5) is 35.1. The summed E-state index contributed by atoms with van der Waals surface area (Å²) in [5.41, 5.74) is 11.9. The number of hydrogen-bond acceptors (Lipinski definition) is 7. The lowest BCUT2D eigenvalue weighted by Gasteiger charge is -2.26. The molecule has 0 spiro atoms. The maximum absolute atomic E-state index is 13.0. The number of urea groups is 1. The zero-order valence-corrected chi connectivity index (χ0v) is 21.6. The van der Waals surface area contributed by atoms with E-state index in [9.17, 15) is 9.59 Å². The van der Waals surface area contributed by atoms with Crippen LogP contribution in [0.4, 0.5) is 27.5 Å². The molecule has 3 heterocycles. The zero-order valence-electron chi connectivity index (χ0n) is 19.9. The molecule has 184 valence electrons. The number of benzene rings is 2. The van der Waals surface area contributed by atoms with E-state index in [1.54, 1.807) is 22.3 Å². The minimum atomic E-state index is -0.305. The van der Waals surface area contributed by atoms with Crippen molar-refractivity contribution in [1.82, 2.24) is 9.88 Å². The highest BCUT2D eigenvalue weighted by Gasteiger charge is 2.26. The number of thiophene rings is 1. The summed E-state index contributed by atoms with van der Waals surface area (Å²) in [7, 11) is 3.94. The third kappa shape index (κ3) is 5.05. The number of nitrogen functional groups attached to an aromatic ring is 1. The van der Waals surface area contributed by atoms with E-state index >= 15 is 0 Å². The Morgan fingerprint density at radius 1 is 1.06 bits per heavy atom. The fourth-order valence-corrected chi connectivity index (χ4v) is 5.64. The molecular weight excluding hydrogens is 492 g/mol. The Morgan fingerprint density at radius 2 is 1.86 bits per heavy atom. The molecule has 1 aliphatic heterocycles. The van der Waals surface area contributed by atoms with Crippen molar-refractivity contribution < 1.29 is 9.59 Å². The first-order valence-electron chi connectivity index (χ1n) is 11.4. The Balaban J connectivity index is 1.25. The molecule has 4 aromatic rings. The van der Waals surface area contributed by atoms with Gasteiger partial charge in [0.15, 0.2) is 5.01 Å².